The topological polar surface area (TPSA) is 26.3 Å². The van der Waals surface area contributed by atoms with Crippen LogP contribution < -0.4 is 4.74 Å². The second kappa shape index (κ2) is 6.18. The van der Waals surface area contributed by atoms with Crippen molar-refractivity contribution in [1.82, 2.24) is 0 Å². The van der Waals surface area contributed by atoms with E-state index < -0.39 is 35.4 Å². The van der Waals surface area contributed by atoms with Crippen LogP contribution in [0.2, 0.25) is 0 Å². The van der Waals surface area contributed by atoms with Gasteiger partial charge in [-0.25, -0.2) is 8.78 Å². The summed E-state index contributed by atoms with van der Waals surface area (Å²) in [7, 11) is 0. The van der Waals surface area contributed by atoms with Gasteiger partial charge in [-0.3, -0.25) is 4.79 Å². The Hall–Kier alpha value is -1.37. The van der Waals surface area contributed by atoms with Crippen LogP contribution in [0.15, 0.2) is 18.2 Å². The third-order valence-electron chi connectivity index (χ3n) is 2.12. The van der Waals surface area contributed by atoms with E-state index in [2.05, 4.69) is 4.74 Å². The normalized spacial score (nSPS) is 11.7. The van der Waals surface area contributed by atoms with Gasteiger partial charge in [-0.15, -0.1) is 24.8 Å². The van der Waals surface area contributed by atoms with Crippen LogP contribution in [0.3, 0.4) is 0 Å². The Morgan fingerprint density at radius 1 is 1.32 bits per heavy atom. The number of hydrogen-bond acceptors (Lipinski definition) is 2. The number of Topliss-reactive ketones (excluding diaryl/α,β-unsaturated/α-hetero) is 1. The molecule has 0 unspecified atom stereocenters. The van der Waals surface area contributed by atoms with E-state index in [9.17, 15) is 26.7 Å². The van der Waals surface area contributed by atoms with Crippen LogP contribution in [0.1, 0.15) is 28.8 Å². The average Bonchev–Trinajstić information content (AvgIpc) is 2.27. The van der Waals surface area contributed by atoms with Gasteiger partial charge < -0.3 is 4.74 Å². The fraction of sp³-hybridized carbons (Fsp3) is 0.364. The number of rotatable bonds is 5. The molecule has 19 heavy (non-hydrogen) atoms. The molecule has 0 heterocycles. The van der Waals surface area contributed by atoms with Crippen molar-refractivity contribution in [2.75, 3.05) is 5.88 Å². The van der Waals surface area contributed by atoms with E-state index in [4.69, 9.17) is 11.6 Å². The van der Waals surface area contributed by atoms with Gasteiger partial charge in [0, 0.05) is 12.3 Å². The number of para-hydroxylation sites is 1. The summed E-state index contributed by atoms with van der Waals surface area (Å²) < 4.78 is 65.5. The molecular weight excluding hydrogens is 295 g/mol. The first-order chi connectivity index (χ1) is 8.76. The number of benzene rings is 1. The van der Waals surface area contributed by atoms with Crippen molar-refractivity contribution in [2.45, 2.75) is 19.2 Å². The molecule has 1 rings (SSSR count). The average molecular weight is 303 g/mol. The maximum absolute atomic E-state index is 12.6. The molecule has 0 fully saturated rings. The fourth-order valence-corrected chi connectivity index (χ4v) is 1.57. The smallest absolute Gasteiger partial charge is 0.404 e. The first-order valence-electron chi connectivity index (χ1n) is 5.02. The summed E-state index contributed by atoms with van der Waals surface area (Å²) in [6, 6.07) is 2.82. The molecule has 106 valence electrons. The van der Waals surface area contributed by atoms with E-state index in [0.717, 1.165) is 18.2 Å². The minimum atomic E-state index is -5.17. The lowest BCUT2D eigenvalue weighted by atomic mass is 10.0. The first kappa shape index (κ1) is 15.7. The lowest BCUT2D eigenvalue weighted by Crippen LogP contribution is -2.20. The van der Waals surface area contributed by atoms with Crippen LogP contribution >= 0.6 is 11.6 Å². The summed E-state index contributed by atoms with van der Waals surface area (Å²) in [4.78, 5) is 11.5. The molecule has 0 saturated carbocycles. The van der Waals surface area contributed by atoms with Gasteiger partial charge >= 0.3 is 6.36 Å². The van der Waals surface area contributed by atoms with E-state index in [1.165, 1.54) is 0 Å². The van der Waals surface area contributed by atoms with Crippen LogP contribution in [0.25, 0.3) is 0 Å². The van der Waals surface area contributed by atoms with Crippen LogP contribution in [-0.2, 0) is 0 Å². The zero-order valence-corrected chi connectivity index (χ0v) is 10.1. The highest BCUT2D eigenvalue weighted by atomic mass is 35.5. The molecule has 0 spiro atoms. The molecule has 1 aromatic carbocycles. The highest BCUT2D eigenvalue weighted by molar-refractivity contribution is 6.19. The molecule has 8 heteroatoms. The number of carbonyl (C=O) groups excluding carboxylic acids is 1. The van der Waals surface area contributed by atoms with E-state index in [1.54, 1.807) is 0 Å². The van der Waals surface area contributed by atoms with Crippen molar-refractivity contribution in [3.8, 4) is 5.75 Å². The Balaban J connectivity index is 3.29. The molecule has 0 aliphatic heterocycles. The van der Waals surface area contributed by atoms with Gasteiger partial charge in [0.2, 0.25) is 0 Å². The molecule has 0 amide bonds. The van der Waals surface area contributed by atoms with Crippen molar-refractivity contribution in [3.63, 3.8) is 0 Å². The van der Waals surface area contributed by atoms with Crippen molar-refractivity contribution < 1.29 is 31.5 Å². The van der Waals surface area contributed by atoms with Gasteiger partial charge in [0.1, 0.15) is 5.75 Å². The van der Waals surface area contributed by atoms with Crippen molar-refractivity contribution in [1.29, 1.82) is 0 Å². The predicted molar refractivity (Wildman–Crippen MR) is 57.7 cm³/mol. The maximum atomic E-state index is 12.6. The molecule has 0 aromatic heterocycles. The first-order valence-corrected chi connectivity index (χ1v) is 5.55. The highest BCUT2D eigenvalue weighted by Gasteiger charge is 2.35. The molecule has 2 nitrogen and oxygen atoms in total. The Morgan fingerprint density at radius 2 is 1.95 bits per heavy atom. The molecule has 0 N–H and O–H groups in total. The molecule has 1 aromatic rings. The molecule has 0 aliphatic carbocycles. The van der Waals surface area contributed by atoms with Crippen LogP contribution in [0, 0.1) is 0 Å². The van der Waals surface area contributed by atoms with Gasteiger partial charge in [-0.1, -0.05) is 6.07 Å². The van der Waals surface area contributed by atoms with Gasteiger partial charge in [0.15, 0.2) is 5.78 Å². The lowest BCUT2D eigenvalue weighted by molar-refractivity contribution is -0.275. The van der Waals surface area contributed by atoms with Gasteiger partial charge in [-0.05, 0) is 12.1 Å². The Bertz CT molecular complexity index is 459. The minimum Gasteiger partial charge on any atom is -0.404 e. The number of hydrogen-bond donors (Lipinski definition) is 0. The van der Waals surface area contributed by atoms with E-state index >= 15 is 0 Å². The van der Waals surface area contributed by atoms with Crippen LogP contribution in [0.5, 0.6) is 5.75 Å². The highest BCUT2D eigenvalue weighted by Crippen LogP contribution is 2.36. The van der Waals surface area contributed by atoms with Crippen LogP contribution in [-0.4, -0.2) is 18.0 Å². The SMILES string of the molecule is O=C(CCCl)c1cccc(C(F)F)c1OC(F)(F)F. The van der Waals surface area contributed by atoms with Gasteiger partial charge in [0.05, 0.1) is 11.1 Å². The summed E-state index contributed by atoms with van der Waals surface area (Å²) >= 11 is 5.30. The molecule has 0 aliphatic rings. The summed E-state index contributed by atoms with van der Waals surface area (Å²) in [5.41, 5.74) is -1.55. The van der Waals surface area contributed by atoms with E-state index in [0.29, 0.717) is 0 Å². The number of ether oxygens (including phenoxy) is 1. The van der Waals surface area contributed by atoms with E-state index in [-0.39, 0.29) is 12.3 Å². The van der Waals surface area contributed by atoms with Crippen molar-refractivity contribution in [2.24, 2.45) is 0 Å². The summed E-state index contributed by atoms with van der Waals surface area (Å²) in [6.07, 6.45) is -8.63. The third kappa shape index (κ3) is 4.34. The zero-order chi connectivity index (χ0) is 14.6. The number of carbonyl (C=O) groups is 1. The number of halogens is 6. The largest absolute Gasteiger partial charge is 0.573 e. The molecule has 0 saturated heterocycles. The molecule has 0 radical (unpaired) electrons. The van der Waals surface area contributed by atoms with Gasteiger partial charge in [0.25, 0.3) is 6.43 Å². The Kier molecular flexibility index (Phi) is 5.11. The van der Waals surface area contributed by atoms with Crippen LogP contribution in [0.4, 0.5) is 22.0 Å². The summed E-state index contributed by atoms with van der Waals surface area (Å²) in [5, 5.41) is 0. The van der Waals surface area contributed by atoms with Gasteiger partial charge in [-0.2, -0.15) is 0 Å². The predicted octanol–water partition coefficient (Wildman–Crippen LogP) is 4.33. The minimum absolute atomic E-state index is 0.136. The number of alkyl halides is 6. The monoisotopic (exact) mass is 302 g/mol. The molecule has 0 bridgehead atoms. The van der Waals surface area contributed by atoms with Crippen molar-refractivity contribution >= 4 is 17.4 Å². The maximum Gasteiger partial charge on any atom is 0.573 e. The molecular formula is C11H8ClF5O2. The summed E-state index contributed by atoms with van der Waals surface area (Å²) in [5.74, 6) is -2.10. The van der Waals surface area contributed by atoms with Crippen molar-refractivity contribution in [3.05, 3.63) is 29.3 Å². The fourth-order valence-electron chi connectivity index (χ4n) is 1.40. The second-order valence-corrected chi connectivity index (χ2v) is 3.81. The Labute approximate surface area is 110 Å². The number of ketones is 1. The Morgan fingerprint density at radius 3 is 2.42 bits per heavy atom. The quantitative estimate of drug-likeness (QED) is 0.459. The third-order valence-corrected chi connectivity index (χ3v) is 2.31. The standard InChI is InChI=1S/C11H8ClF5O2/c12-5-4-8(18)6-2-1-3-7(10(13)14)9(6)19-11(15,16)17/h1-3,10H,4-5H2. The lowest BCUT2D eigenvalue weighted by Gasteiger charge is -2.16. The van der Waals surface area contributed by atoms with E-state index in [1.807, 2.05) is 0 Å². The second-order valence-electron chi connectivity index (χ2n) is 3.43. The summed E-state index contributed by atoms with van der Waals surface area (Å²) in [6.45, 7) is 0. The molecule has 0 atom stereocenters. The zero-order valence-electron chi connectivity index (χ0n) is 9.31.